The van der Waals surface area contributed by atoms with Crippen molar-refractivity contribution in [2.75, 3.05) is 11.9 Å². The third-order valence-corrected chi connectivity index (χ3v) is 3.00. The lowest BCUT2D eigenvalue weighted by atomic mass is 10.2. The van der Waals surface area contributed by atoms with Crippen molar-refractivity contribution in [3.05, 3.63) is 34.7 Å². The molecule has 0 spiro atoms. The van der Waals surface area contributed by atoms with E-state index in [1.807, 2.05) is 0 Å². The standard InChI is InChI=1S/C13H18N4O2/c1-2-3-4-7-10-14-13-15-17(19)12-9-6-5-8-11(12)16(13)18/h5-6,8-9H,2-4,7,10H2,1H3,(H,14,15). The summed E-state index contributed by atoms with van der Waals surface area (Å²) in [6.45, 7) is 2.79. The number of hydrogen-bond donors (Lipinski definition) is 1. The molecule has 1 heterocycles. The second kappa shape index (κ2) is 6.17. The van der Waals surface area contributed by atoms with Crippen molar-refractivity contribution in [1.29, 1.82) is 0 Å². The fourth-order valence-corrected chi connectivity index (χ4v) is 1.95. The number of nitrogens with zero attached hydrogens (tertiary/aromatic N) is 3. The lowest BCUT2D eigenvalue weighted by Gasteiger charge is -2.09. The van der Waals surface area contributed by atoms with E-state index in [0.29, 0.717) is 21.6 Å². The Kier molecular flexibility index (Phi) is 4.33. The Labute approximate surface area is 111 Å². The van der Waals surface area contributed by atoms with Crippen LogP contribution in [-0.2, 0) is 0 Å². The molecule has 0 radical (unpaired) electrons. The maximum absolute atomic E-state index is 12.0. The highest BCUT2D eigenvalue weighted by atomic mass is 16.5. The first-order valence-corrected chi connectivity index (χ1v) is 6.60. The summed E-state index contributed by atoms with van der Waals surface area (Å²) in [6.07, 6.45) is 4.40. The van der Waals surface area contributed by atoms with E-state index < -0.39 is 0 Å². The predicted octanol–water partition coefficient (Wildman–Crippen LogP) is 1.49. The largest absolute Gasteiger partial charge is 0.739 e. The minimum absolute atomic E-state index is 0.0604. The number of nitrogens with one attached hydrogen (secondary N) is 1. The first-order chi connectivity index (χ1) is 9.24. The van der Waals surface area contributed by atoms with Crippen LogP contribution in [0.4, 0.5) is 5.95 Å². The van der Waals surface area contributed by atoms with Gasteiger partial charge >= 0.3 is 5.95 Å². The van der Waals surface area contributed by atoms with Crippen molar-refractivity contribution in [3.63, 3.8) is 0 Å². The summed E-state index contributed by atoms with van der Waals surface area (Å²) >= 11 is 0. The number of para-hydroxylation sites is 2. The van der Waals surface area contributed by atoms with Gasteiger partial charge in [-0.25, -0.2) is 4.73 Å². The molecule has 1 aromatic heterocycles. The fourth-order valence-electron chi connectivity index (χ4n) is 1.95. The van der Waals surface area contributed by atoms with Crippen LogP contribution in [0.25, 0.3) is 11.0 Å². The van der Waals surface area contributed by atoms with E-state index in [0.717, 1.165) is 19.3 Å². The zero-order chi connectivity index (χ0) is 13.7. The highest BCUT2D eigenvalue weighted by Crippen LogP contribution is 2.06. The topological polar surface area (TPSA) is 78.8 Å². The Morgan fingerprint density at radius 1 is 1.11 bits per heavy atom. The van der Waals surface area contributed by atoms with Crippen LogP contribution in [-0.4, -0.2) is 11.6 Å². The molecule has 0 aliphatic heterocycles. The minimum atomic E-state index is 0.0604. The van der Waals surface area contributed by atoms with Gasteiger partial charge in [0.25, 0.3) is 5.52 Å². The van der Waals surface area contributed by atoms with Gasteiger partial charge in [0.15, 0.2) is 5.52 Å². The van der Waals surface area contributed by atoms with Gasteiger partial charge in [0.2, 0.25) is 5.10 Å². The van der Waals surface area contributed by atoms with Crippen LogP contribution in [0.1, 0.15) is 32.6 Å². The van der Waals surface area contributed by atoms with Gasteiger partial charge in [-0.2, -0.15) is 0 Å². The molecular formula is C13H18N4O2. The van der Waals surface area contributed by atoms with Crippen molar-refractivity contribution in [2.45, 2.75) is 32.6 Å². The van der Waals surface area contributed by atoms with Gasteiger partial charge in [-0.05, 0) is 12.5 Å². The van der Waals surface area contributed by atoms with Crippen LogP contribution in [0.5, 0.6) is 0 Å². The molecule has 0 saturated heterocycles. The SMILES string of the molecule is CCCCCCNc1n[n+]([O-])c2ccccc2[n+]1[O-]. The molecule has 0 fully saturated rings. The molecule has 0 unspecified atom stereocenters. The molecule has 2 rings (SSSR count). The van der Waals surface area contributed by atoms with Gasteiger partial charge in [-0.3, -0.25) is 5.32 Å². The second-order valence-corrected chi connectivity index (χ2v) is 4.47. The van der Waals surface area contributed by atoms with Gasteiger partial charge in [0, 0.05) is 10.9 Å². The number of aromatic nitrogens is 3. The molecule has 2 aromatic rings. The Bertz CT molecular complexity index is 560. The number of fused-ring (bicyclic) bond motifs is 1. The van der Waals surface area contributed by atoms with Crippen molar-refractivity contribution < 1.29 is 9.58 Å². The summed E-state index contributed by atoms with van der Waals surface area (Å²) in [5, 5.41) is 30.4. The van der Waals surface area contributed by atoms with E-state index in [1.54, 1.807) is 24.3 Å². The van der Waals surface area contributed by atoms with Crippen LogP contribution in [0.2, 0.25) is 0 Å². The maximum Gasteiger partial charge on any atom is 0.460 e. The van der Waals surface area contributed by atoms with Gasteiger partial charge < -0.3 is 10.4 Å². The monoisotopic (exact) mass is 262 g/mol. The predicted molar refractivity (Wildman–Crippen MR) is 72.3 cm³/mol. The van der Waals surface area contributed by atoms with Crippen LogP contribution in [0.3, 0.4) is 0 Å². The Morgan fingerprint density at radius 3 is 2.58 bits per heavy atom. The zero-order valence-electron chi connectivity index (χ0n) is 11.0. The smallest absolute Gasteiger partial charge is 0.460 e. The van der Waals surface area contributed by atoms with E-state index in [-0.39, 0.29) is 11.5 Å². The highest BCUT2D eigenvalue weighted by Gasteiger charge is 2.18. The summed E-state index contributed by atoms with van der Waals surface area (Å²) < 4.78 is 0.670. The fraction of sp³-hybridized carbons (Fsp3) is 0.462. The number of benzene rings is 1. The van der Waals surface area contributed by atoms with Crippen LogP contribution >= 0.6 is 0 Å². The summed E-state index contributed by atoms with van der Waals surface area (Å²) in [4.78, 5) is 0.484. The quantitative estimate of drug-likeness (QED) is 0.486. The van der Waals surface area contributed by atoms with Crippen molar-refractivity contribution >= 4 is 17.0 Å². The molecule has 102 valence electrons. The van der Waals surface area contributed by atoms with E-state index >= 15 is 0 Å². The molecule has 0 bridgehead atoms. The maximum atomic E-state index is 12.0. The summed E-state index contributed by atoms with van der Waals surface area (Å²) in [5.41, 5.74) is 0.595. The van der Waals surface area contributed by atoms with Gasteiger partial charge in [-0.1, -0.05) is 38.3 Å². The molecule has 0 aliphatic carbocycles. The van der Waals surface area contributed by atoms with Crippen molar-refractivity contribution in [2.24, 2.45) is 0 Å². The first kappa shape index (κ1) is 13.3. The Morgan fingerprint density at radius 2 is 1.84 bits per heavy atom. The molecule has 1 N–H and O–H groups in total. The van der Waals surface area contributed by atoms with Crippen LogP contribution < -0.4 is 14.9 Å². The Hall–Kier alpha value is -2.11. The van der Waals surface area contributed by atoms with Crippen LogP contribution in [0.15, 0.2) is 24.3 Å². The summed E-state index contributed by atoms with van der Waals surface area (Å²) in [5.74, 6) is 0.0604. The number of anilines is 1. The highest BCUT2D eigenvalue weighted by molar-refractivity contribution is 5.67. The molecule has 0 atom stereocenters. The zero-order valence-corrected chi connectivity index (χ0v) is 11.0. The molecule has 0 amide bonds. The minimum Gasteiger partial charge on any atom is -0.739 e. The summed E-state index contributed by atoms with van der Waals surface area (Å²) in [6, 6.07) is 6.62. The third-order valence-electron chi connectivity index (χ3n) is 3.00. The van der Waals surface area contributed by atoms with E-state index in [1.165, 1.54) is 6.42 Å². The Balaban J connectivity index is 2.13. The molecule has 6 nitrogen and oxygen atoms in total. The van der Waals surface area contributed by atoms with E-state index in [9.17, 15) is 10.4 Å². The molecular weight excluding hydrogens is 244 g/mol. The molecule has 19 heavy (non-hydrogen) atoms. The molecule has 0 saturated carbocycles. The lowest BCUT2D eigenvalue weighted by molar-refractivity contribution is -0.672. The lowest BCUT2D eigenvalue weighted by Crippen LogP contribution is -2.44. The average Bonchev–Trinajstić information content (AvgIpc) is 2.44. The van der Waals surface area contributed by atoms with Crippen LogP contribution in [0, 0.1) is 10.4 Å². The normalized spacial score (nSPS) is 10.8. The number of unbranched alkanes of at least 4 members (excludes halogenated alkanes) is 3. The van der Waals surface area contributed by atoms with Gasteiger partial charge in [0.05, 0.1) is 6.54 Å². The molecule has 1 aromatic carbocycles. The van der Waals surface area contributed by atoms with Crippen molar-refractivity contribution in [1.82, 2.24) is 5.10 Å². The van der Waals surface area contributed by atoms with Crippen molar-refractivity contribution in [3.8, 4) is 0 Å². The van der Waals surface area contributed by atoms with Gasteiger partial charge in [-0.15, -0.1) is 0 Å². The van der Waals surface area contributed by atoms with E-state index in [2.05, 4.69) is 17.3 Å². The summed E-state index contributed by atoms with van der Waals surface area (Å²) in [7, 11) is 0. The number of hydrogen-bond acceptors (Lipinski definition) is 4. The van der Waals surface area contributed by atoms with Gasteiger partial charge in [0.1, 0.15) is 0 Å². The number of rotatable bonds is 6. The molecule has 0 aliphatic rings. The third kappa shape index (κ3) is 3.01. The first-order valence-electron chi connectivity index (χ1n) is 6.60. The van der Waals surface area contributed by atoms with E-state index in [4.69, 9.17) is 0 Å². The average molecular weight is 262 g/mol. The molecule has 6 heteroatoms. The second-order valence-electron chi connectivity index (χ2n) is 4.47.